The first-order valence-corrected chi connectivity index (χ1v) is 7.58. The van der Waals surface area contributed by atoms with Gasteiger partial charge in [0.1, 0.15) is 0 Å². The van der Waals surface area contributed by atoms with Crippen LogP contribution in [0.15, 0.2) is 24.3 Å². The zero-order chi connectivity index (χ0) is 15.1. The lowest BCUT2D eigenvalue weighted by Crippen LogP contribution is -2.29. The predicted molar refractivity (Wildman–Crippen MR) is 90.5 cm³/mol. The van der Waals surface area contributed by atoms with Gasteiger partial charge < -0.3 is 16.0 Å². The molecule has 0 atom stereocenters. The standard InChI is InChI=1S/C16H23N3O2.ClH/c1-2-8-18-16(21)13-4-3-5-14(9-13)19-15(20)11-17-10-12-6-7-12;/h3-5,9,12,17H,2,6-8,10-11H2,1H3,(H,18,21)(H,19,20);1H. The van der Waals surface area contributed by atoms with Crippen LogP contribution in [0, 0.1) is 5.92 Å². The van der Waals surface area contributed by atoms with Gasteiger partial charge in [-0.25, -0.2) is 0 Å². The van der Waals surface area contributed by atoms with Crippen molar-refractivity contribution in [3.63, 3.8) is 0 Å². The van der Waals surface area contributed by atoms with Crippen molar-refractivity contribution >= 4 is 29.9 Å². The summed E-state index contributed by atoms with van der Waals surface area (Å²) >= 11 is 0. The minimum absolute atomic E-state index is 0. The Labute approximate surface area is 137 Å². The van der Waals surface area contributed by atoms with Gasteiger partial charge in [-0.15, -0.1) is 12.4 Å². The van der Waals surface area contributed by atoms with Crippen molar-refractivity contribution in [2.45, 2.75) is 26.2 Å². The average molecular weight is 326 g/mol. The lowest BCUT2D eigenvalue weighted by molar-refractivity contribution is -0.115. The summed E-state index contributed by atoms with van der Waals surface area (Å²) in [4.78, 5) is 23.7. The average Bonchev–Trinajstić information content (AvgIpc) is 3.29. The fourth-order valence-corrected chi connectivity index (χ4v) is 2.00. The van der Waals surface area contributed by atoms with Gasteiger partial charge in [0.2, 0.25) is 5.91 Å². The predicted octanol–water partition coefficient (Wildman–Crippen LogP) is 2.19. The zero-order valence-corrected chi connectivity index (χ0v) is 13.7. The molecule has 2 amide bonds. The molecule has 0 radical (unpaired) electrons. The molecule has 3 N–H and O–H groups in total. The first-order chi connectivity index (χ1) is 10.2. The van der Waals surface area contributed by atoms with Gasteiger partial charge in [0.15, 0.2) is 0 Å². The van der Waals surface area contributed by atoms with E-state index in [1.165, 1.54) is 12.8 Å². The molecule has 0 spiro atoms. The van der Waals surface area contributed by atoms with Crippen molar-refractivity contribution in [2.24, 2.45) is 5.92 Å². The fraction of sp³-hybridized carbons (Fsp3) is 0.500. The molecule has 1 saturated carbocycles. The van der Waals surface area contributed by atoms with E-state index < -0.39 is 0 Å². The Morgan fingerprint density at radius 2 is 2.05 bits per heavy atom. The molecule has 0 bridgehead atoms. The number of carbonyl (C=O) groups is 2. The van der Waals surface area contributed by atoms with Crippen LogP contribution < -0.4 is 16.0 Å². The van der Waals surface area contributed by atoms with Crippen molar-refractivity contribution in [1.82, 2.24) is 10.6 Å². The van der Waals surface area contributed by atoms with Crippen molar-refractivity contribution in [2.75, 3.05) is 25.0 Å². The van der Waals surface area contributed by atoms with E-state index in [1.54, 1.807) is 24.3 Å². The highest BCUT2D eigenvalue weighted by atomic mass is 35.5. The Hall–Kier alpha value is -1.59. The largest absolute Gasteiger partial charge is 0.352 e. The van der Waals surface area contributed by atoms with E-state index in [1.807, 2.05) is 6.92 Å². The number of halogens is 1. The maximum Gasteiger partial charge on any atom is 0.251 e. The number of amides is 2. The Morgan fingerprint density at radius 1 is 1.27 bits per heavy atom. The van der Waals surface area contributed by atoms with E-state index in [9.17, 15) is 9.59 Å². The third-order valence-corrected chi connectivity index (χ3v) is 3.36. The molecular formula is C16H24ClN3O2. The van der Waals surface area contributed by atoms with Crippen molar-refractivity contribution < 1.29 is 9.59 Å². The summed E-state index contributed by atoms with van der Waals surface area (Å²) in [5.74, 6) is 0.560. The van der Waals surface area contributed by atoms with Gasteiger partial charge in [-0.1, -0.05) is 13.0 Å². The molecule has 0 aliphatic heterocycles. The van der Waals surface area contributed by atoms with Crippen LogP contribution in [0.4, 0.5) is 5.69 Å². The molecule has 1 aromatic carbocycles. The zero-order valence-electron chi connectivity index (χ0n) is 12.9. The molecule has 0 heterocycles. The lowest BCUT2D eigenvalue weighted by atomic mass is 10.2. The second-order valence-electron chi connectivity index (χ2n) is 5.46. The first-order valence-electron chi connectivity index (χ1n) is 7.58. The van der Waals surface area contributed by atoms with Gasteiger partial charge in [0.25, 0.3) is 5.91 Å². The maximum atomic E-state index is 11.9. The molecule has 1 aromatic rings. The second kappa shape index (κ2) is 9.43. The van der Waals surface area contributed by atoms with Crippen LogP contribution in [0.1, 0.15) is 36.5 Å². The second-order valence-corrected chi connectivity index (χ2v) is 5.46. The topological polar surface area (TPSA) is 70.2 Å². The summed E-state index contributed by atoms with van der Waals surface area (Å²) in [6.45, 7) is 3.88. The molecule has 1 fully saturated rings. The van der Waals surface area contributed by atoms with Gasteiger partial charge in [-0.3, -0.25) is 9.59 Å². The van der Waals surface area contributed by atoms with Crippen LogP contribution in [-0.2, 0) is 4.79 Å². The number of anilines is 1. The van der Waals surface area contributed by atoms with Gasteiger partial charge >= 0.3 is 0 Å². The molecule has 122 valence electrons. The highest BCUT2D eigenvalue weighted by Crippen LogP contribution is 2.27. The summed E-state index contributed by atoms with van der Waals surface area (Å²) in [7, 11) is 0. The molecule has 1 aliphatic rings. The summed E-state index contributed by atoms with van der Waals surface area (Å²) in [5.41, 5.74) is 1.21. The number of carbonyl (C=O) groups excluding carboxylic acids is 2. The Balaban J connectivity index is 0.00000242. The van der Waals surface area contributed by atoms with E-state index in [-0.39, 0.29) is 24.2 Å². The summed E-state index contributed by atoms with van der Waals surface area (Å²) in [6, 6.07) is 7.00. The van der Waals surface area contributed by atoms with Gasteiger partial charge in [-0.2, -0.15) is 0 Å². The summed E-state index contributed by atoms with van der Waals surface area (Å²) < 4.78 is 0. The molecule has 0 unspecified atom stereocenters. The van der Waals surface area contributed by atoms with Crippen molar-refractivity contribution in [3.8, 4) is 0 Å². The van der Waals surface area contributed by atoms with E-state index in [2.05, 4.69) is 16.0 Å². The molecule has 2 rings (SSSR count). The van der Waals surface area contributed by atoms with Crippen LogP contribution in [-0.4, -0.2) is 31.4 Å². The monoisotopic (exact) mass is 325 g/mol. The number of hydrogen-bond acceptors (Lipinski definition) is 3. The van der Waals surface area contributed by atoms with Crippen LogP contribution in [0.3, 0.4) is 0 Å². The molecule has 22 heavy (non-hydrogen) atoms. The highest BCUT2D eigenvalue weighted by molar-refractivity contribution is 5.97. The SMILES string of the molecule is CCCNC(=O)c1cccc(NC(=O)CNCC2CC2)c1.Cl. The molecule has 0 saturated heterocycles. The minimum Gasteiger partial charge on any atom is -0.352 e. The van der Waals surface area contributed by atoms with E-state index in [4.69, 9.17) is 0 Å². The highest BCUT2D eigenvalue weighted by Gasteiger charge is 2.20. The van der Waals surface area contributed by atoms with Gasteiger partial charge in [0, 0.05) is 17.8 Å². The Kier molecular flexibility index (Phi) is 7.91. The normalized spacial score (nSPS) is 13.1. The smallest absolute Gasteiger partial charge is 0.251 e. The number of rotatable bonds is 8. The summed E-state index contributed by atoms with van der Waals surface area (Å²) in [6.07, 6.45) is 3.43. The molecule has 5 nitrogen and oxygen atoms in total. The van der Waals surface area contributed by atoms with Crippen molar-refractivity contribution in [3.05, 3.63) is 29.8 Å². The van der Waals surface area contributed by atoms with Crippen molar-refractivity contribution in [1.29, 1.82) is 0 Å². The van der Waals surface area contributed by atoms with Gasteiger partial charge in [-0.05, 0) is 49.9 Å². The van der Waals surface area contributed by atoms with Gasteiger partial charge in [0.05, 0.1) is 6.54 Å². The number of hydrogen-bond donors (Lipinski definition) is 3. The molecule has 6 heteroatoms. The number of nitrogens with one attached hydrogen (secondary N) is 3. The Bertz CT molecular complexity index is 504. The quantitative estimate of drug-likeness (QED) is 0.686. The van der Waals surface area contributed by atoms with E-state index >= 15 is 0 Å². The van der Waals surface area contributed by atoms with E-state index in [0.717, 1.165) is 18.9 Å². The van der Waals surface area contributed by atoms with Crippen LogP contribution in [0.5, 0.6) is 0 Å². The van der Waals surface area contributed by atoms with Crippen LogP contribution in [0.25, 0.3) is 0 Å². The maximum absolute atomic E-state index is 11.9. The third kappa shape index (κ3) is 6.45. The van der Waals surface area contributed by atoms with Crippen LogP contribution >= 0.6 is 12.4 Å². The fourth-order valence-electron chi connectivity index (χ4n) is 2.00. The summed E-state index contributed by atoms with van der Waals surface area (Å²) in [5, 5.41) is 8.77. The molecule has 1 aliphatic carbocycles. The lowest BCUT2D eigenvalue weighted by Gasteiger charge is -2.08. The number of benzene rings is 1. The Morgan fingerprint density at radius 3 is 2.73 bits per heavy atom. The first kappa shape index (κ1) is 18.5. The molecular weight excluding hydrogens is 302 g/mol. The minimum atomic E-state index is -0.111. The molecule has 0 aromatic heterocycles. The third-order valence-electron chi connectivity index (χ3n) is 3.36. The van der Waals surface area contributed by atoms with Crippen LogP contribution in [0.2, 0.25) is 0 Å². The van der Waals surface area contributed by atoms with E-state index in [0.29, 0.717) is 24.3 Å².